The highest BCUT2D eigenvalue weighted by atomic mass is 16.5. The van der Waals surface area contributed by atoms with E-state index in [0.717, 1.165) is 5.56 Å². The van der Waals surface area contributed by atoms with Gasteiger partial charge in [0, 0.05) is 6.04 Å². The summed E-state index contributed by atoms with van der Waals surface area (Å²) >= 11 is 0. The Bertz CT molecular complexity index is 459. The van der Waals surface area contributed by atoms with Crippen LogP contribution < -0.4 is 10.1 Å². The van der Waals surface area contributed by atoms with Crippen molar-refractivity contribution in [3.8, 4) is 5.75 Å². The van der Waals surface area contributed by atoms with E-state index in [4.69, 9.17) is 9.84 Å². The van der Waals surface area contributed by atoms with Crippen LogP contribution in [0.1, 0.15) is 31.7 Å². The van der Waals surface area contributed by atoms with Crippen molar-refractivity contribution in [2.24, 2.45) is 0 Å². The third kappa shape index (κ3) is 4.62. The van der Waals surface area contributed by atoms with Gasteiger partial charge in [0.15, 0.2) is 0 Å². The van der Waals surface area contributed by atoms with E-state index in [1.807, 2.05) is 12.1 Å². The van der Waals surface area contributed by atoms with Gasteiger partial charge in [-0.25, -0.2) is 0 Å². The van der Waals surface area contributed by atoms with Crippen LogP contribution in [-0.2, 0) is 9.59 Å². The minimum atomic E-state index is -0.929. The number of carbonyl (C=O) groups is 2. The largest absolute Gasteiger partial charge is 0.497 e. The summed E-state index contributed by atoms with van der Waals surface area (Å²) in [7, 11) is 1.57. The van der Waals surface area contributed by atoms with Crippen molar-refractivity contribution < 1.29 is 19.4 Å². The lowest BCUT2D eigenvalue weighted by Crippen LogP contribution is -2.36. The lowest BCUT2D eigenvalue weighted by molar-refractivity contribution is -0.137. The molecule has 0 aliphatic carbocycles. The first-order valence-corrected chi connectivity index (χ1v) is 6.10. The first kappa shape index (κ1) is 15.0. The first-order valence-electron chi connectivity index (χ1n) is 6.10. The van der Waals surface area contributed by atoms with Crippen LogP contribution in [0, 0.1) is 0 Å². The molecule has 104 valence electrons. The van der Waals surface area contributed by atoms with Gasteiger partial charge in [0.05, 0.1) is 19.4 Å². The van der Waals surface area contributed by atoms with Crippen LogP contribution in [0.3, 0.4) is 0 Å². The maximum atomic E-state index is 12.0. The second-order valence-electron chi connectivity index (χ2n) is 4.51. The van der Waals surface area contributed by atoms with E-state index in [9.17, 15) is 9.59 Å². The van der Waals surface area contributed by atoms with E-state index in [1.165, 1.54) is 0 Å². The molecule has 0 aliphatic heterocycles. The summed E-state index contributed by atoms with van der Waals surface area (Å²) in [6, 6.07) is 6.87. The molecule has 0 saturated heterocycles. The Hall–Kier alpha value is -2.04. The van der Waals surface area contributed by atoms with E-state index in [-0.39, 0.29) is 18.2 Å². The molecule has 5 nitrogen and oxygen atoms in total. The molecule has 0 bridgehead atoms. The molecule has 2 N–H and O–H groups in total. The second kappa shape index (κ2) is 6.78. The Labute approximate surface area is 112 Å². The molecule has 5 heteroatoms. The molecule has 2 atom stereocenters. The quantitative estimate of drug-likeness (QED) is 0.822. The fourth-order valence-corrected chi connectivity index (χ4v) is 1.74. The van der Waals surface area contributed by atoms with Crippen LogP contribution in [0.15, 0.2) is 24.3 Å². The third-order valence-electron chi connectivity index (χ3n) is 2.86. The molecule has 19 heavy (non-hydrogen) atoms. The highest BCUT2D eigenvalue weighted by Crippen LogP contribution is 2.20. The maximum Gasteiger partial charge on any atom is 0.305 e. The fourth-order valence-electron chi connectivity index (χ4n) is 1.74. The van der Waals surface area contributed by atoms with Crippen LogP contribution >= 0.6 is 0 Å². The zero-order valence-electron chi connectivity index (χ0n) is 11.3. The van der Waals surface area contributed by atoms with Gasteiger partial charge >= 0.3 is 5.97 Å². The minimum Gasteiger partial charge on any atom is -0.497 e. The summed E-state index contributed by atoms with van der Waals surface area (Å²) in [6.45, 7) is 3.45. The average molecular weight is 265 g/mol. The Morgan fingerprint density at radius 3 is 2.63 bits per heavy atom. The molecule has 0 heterocycles. The fraction of sp³-hybridized carbons (Fsp3) is 0.429. The second-order valence-corrected chi connectivity index (χ2v) is 4.51. The van der Waals surface area contributed by atoms with Crippen LogP contribution in [0.2, 0.25) is 0 Å². The van der Waals surface area contributed by atoms with Crippen LogP contribution in [0.5, 0.6) is 5.75 Å². The average Bonchev–Trinajstić information content (AvgIpc) is 2.36. The molecule has 0 aromatic heterocycles. The summed E-state index contributed by atoms with van der Waals surface area (Å²) in [4.78, 5) is 22.5. The lowest BCUT2D eigenvalue weighted by Gasteiger charge is -2.17. The lowest BCUT2D eigenvalue weighted by atomic mass is 9.99. The SMILES string of the molecule is COc1cccc(C(C)C(=O)NC(C)CC(=O)O)c1. The zero-order chi connectivity index (χ0) is 14.4. The summed E-state index contributed by atoms with van der Waals surface area (Å²) in [5.74, 6) is -0.786. The summed E-state index contributed by atoms with van der Waals surface area (Å²) < 4.78 is 5.11. The predicted octanol–water partition coefficient (Wildman–Crippen LogP) is 1.78. The molecule has 0 fully saturated rings. The number of nitrogens with one attached hydrogen (secondary N) is 1. The van der Waals surface area contributed by atoms with Crippen molar-refractivity contribution in [1.29, 1.82) is 0 Å². The molecule has 1 rings (SSSR count). The molecule has 0 saturated carbocycles. The van der Waals surface area contributed by atoms with Crippen molar-refractivity contribution in [3.63, 3.8) is 0 Å². The van der Waals surface area contributed by atoms with Crippen LogP contribution in [0.25, 0.3) is 0 Å². The van der Waals surface area contributed by atoms with Gasteiger partial charge in [-0.3, -0.25) is 9.59 Å². The number of methoxy groups -OCH3 is 1. The zero-order valence-corrected chi connectivity index (χ0v) is 11.3. The van der Waals surface area contributed by atoms with Gasteiger partial charge in [-0.05, 0) is 31.5 Å². The molecule has 1 aromatic rings. The Balaban J connectivity index is 2.68. The van der Waals surface area contributed by atoms with Gasteiger partial charge in [0.25, 0.3) is 0 Å². The van der Waals surface area contributed by atoms with Gasteiger partial charge in [0.2, 0.25) is 5.91 Å². The van der Waals surface area contributed by atoms with Crippen LogP contribution in [0.4, 0.5) is 0 Å². The number of carbonyl (C=O) groups excluding carboxylic acids is 1. The summed E-state index contributed by atoms with van der Waals surface area (Å²) in [6.07, 6.45) is -0.0867. The van der Waals surface area contributed by atoms with E-state index in [2.05, 4.69) is 5.32 Å². The summed E-state index contributed by atoms with van der Waals surface area (Å²) in [5, 5.41) is 11.3. The molecular formula is C14H19NO4. The van der Waals surface area contributed by atoms with Gasteiger partial charge < -0.3 is 15.2 Å². The van der Waals surface area contributed by atoms with Crippen molar-refractivity contribution >= 4 is 11.9 Å². The van der Waals surface area contributed by atoms with Crippen LogP contribution in [-0.4, -0.2) is 30.1 Å². The normalized spacial score (nSPS) is 13.4. The molecular weight excluding hydrogens is 246 g/mol. The standard InChI is InChI=1S/C14H19NO4/c1-9(7-13(16)17)15-14(18)10(2)11-5-4-6-12(8-11)19-3/h4-6,8-10H,7H2,1-3H3,(H,15,18)(H,16,17). The van der Waals surface area contributed by atoms with Crippen molar-refractivity contribution in [3.05, 3.63) is 29.8 Å². The van der Waals surface area contributed by atoms with Crippen molar-refractivity contribution in [2.75, 3.05) is 7.11 Å². The number of hydrogen-bond acceptors (Lipinski definition) is 3. The molecule has 2 unspecified atom stereocenters. The van der Waals surface area contributed by atoms with E-state index < -0.39 is 12.0 Å². The number of benzene rings is 1. The highest BCUT2D eigenvalue weighted by Gasteiger charge is 2.18. The van der Waals surface area contributed by atoms with Gasteiger partial charge in [0.1, 0.15) is 5.75 Å². The number of ether oxygens (including phenoxy) is 1. The topological polar surface area (TPSA) is 75.6 Å². The van der Waals surface area contributed by atoms with Gasteiger partial charge in [-0.1, -0.05) is 12.1 Å². The number of amides is 1. The molecule has 1 aromatic carbocycles. The van der Waals surface area contributed by atoms with Gasteiger partial charge in [-0.15, -0.1) is 0 Å². The summed E-state index contributed by atoms with van der Waals surface area (Å²) in [5.41, 5.74) is 0.833. The smallest absolute Gasteiger partial charge is 0.305 e. The Morgan fingerprint density at radius 2 is 2.05 bits per heavy atom. The number of carboxylic acids is 1. The molecule has 0 spiro atoms. The van der Waals surface area contributed by atoms with Crippen molar-refractivity contribution in [2.45, 2.75) is 32.2 Å². The van der Waals surface area contributed by atoms with E-state index in [1.54, 1.807) is 33.1 Å². The Morgan fingerprint density at radius 1 is 1.37 bits per heavy atom. The number of carboxylic acid groups (broad SMARTS) is 1. The van der Waals surface area contributed by atoms with Crippen molar-refractivity contribution in [1.82, 2.24) is 5.32 Å². The number of hydrogen-bond donors (Lipinski definition) is 2. The minimum absolute atomic E-state index is 0.0867. The number of aliphatic carboxylic acids is 1. The predicted molar refractivity (Wildman–Crippen MR) is 71.3 cm³/mol. The van der Waals surface area contributed by atoms with E-state index >= 15 is 0 Å². The highest BCUT2D eigenvalue weighted by molar-refractivity contribution is 5.84. The van der Waals surface area contributed by atoms with E-state index in [0.29, 0.717) is 5.75 Å². The maximum absolute atomic E-state index is 12.0. The molecule has 1 amide bonds. The monoisotopic (exact) mass is 265 g/mol. The molecule has 0 radical (unpaired) electrons. The van der Waals surface area contributed by atoms with Gasteiger partial charge in [-0.2, -0.15) is 0 Å². The third-order valence-corrected chi connectivity index (χ3v) is 2.86. The first-order chi connectivity index (χ1) is 8.93. The molecule has 0 aliphatic rings. The Kier molecular flexibility index (Phi) is 5.36. The number of rotatable bonds is 6.